The van der Waals surface area contributed by atoms with Crippen molar-refractivity contribution >= 4 is 10.9 Å². The summed E-state index contributed by atoms with van der Waals surface area (Å²) in [6.07, 6.45) is 6.82. The molecule has 1 fully saturated rings. The van der Waals surface area contributed by atoms with Crippen molar-refractivity contribution < 1.29 is 0 Å². The number of para-hydroxylation sites is 1. The molecule has 1 aromatic carbocycles. The number of rotatable bonds is 3. The molecule has 1 aliphatic carbocycles. The minimum absolute atomic E-state index is 0.701. The summed E-state index contributed by atoms with van der Waals surface area (Å²) < 4.78 is 0. The molecule has 0 amide bonds. The fourth-order valence-corrected chi connectivity index (χ4v) is 2.76. The van der Waals surface area contributed by atoms with Crippen LogP contribution in [0.5, 0.6) is 0 Å². The summed E-state index contributed by atoms with van der Waals surface area (Å²) >= 11 is 0. The maximum Gasteiger partial charge on any atom is 0.0705 e. The lowest BCUT2D eigenvalue weighted by Gasteiger charge is -2.22. The van der Waals surface area contributed by atoms with Crippen LogP contribution in [0, 0.1) is 0 Å². The monoisotopic (exact) mass is 240 g/mol. The van der Waals surface area contributed by atoms with Gasteiger partial charge < -0.3 is 5.32 Å². The van der Waals surface area contributed by atoms with E-state index < -0.39 is 0 Å². The first-order chi connectivity index (χ1) is 8.92. The molecule has 0 unspecified atom stereocenters. The van der Waals surface area contributed by atoms with Crippen LogP contribution in [0.4, 0.5) is 0 Å². The van der Waals surface area contributed by atoms with Crippen LogP contribution in [0.2, 0.25) is 0 Å². The molecule has 1 aliphatic rings. The molecule has 1 heterocycles. The van der Waals surface area contributed by atoms with E-state index in [9.17, 15) is 0 Å². The van der Waals surface area contributed by atoms with Gasteiger partial charge in [0.2, 0.25) is 0 Å². The van der Waals surface area contributed by atoms with Crippen LogP contribution >= 0.6 is 0 Å². The van der Waals surface area contributed by atoms with Gasteiger partial charge in [-0.15, -0.1) is 0 Å². The van der Waals surface area contributed by atoms with Crippen molar-refractivity contribution in [2.45, 2.75) is 44.7 Å². The number of hydrogen-bond acceptors (Lipinski definition) is 2. The van der Waals surface area contributed by atoms with Crippen LogP contribution in [0.1, 0.15) is 37.8 Å². The van der Waals surface area contributed by atoms with Crippen LogP contribution in [0.25, 0.3) is 10.9 Å². The predicted molar refractivity (Wildman–Crippen MR) is 75.5 cm³/mol. The van der Waals surface area contributed by atoms with Crippen molar-refractivity contribution in [3.8, 4) is 0 Å². The third kappa shape index (κ3) is 2.70. The molecule has 0 atom stereocenters. The van der Waals surface area contributed by atoms with Crippen LogP contribution in [-0.2, 0) is 6.54 Å². The average molecular weight is 240 g/mol. The summed E-state index contributed by atoms with van der Waals surface area (Å²) in [5.74, 6) is 0. The van der Waals surface area contributed by atoms with E-state index >= 15 is 0 Å². The fourth-order valence-electron chi connectivity index (χ4n) is 2.76. The van der Waals surface area contributed by atoms with Gasteiger partial charge in [-0.25, -0.2) is 0 Å². The summed E-state index contributed by atoms with van der Waals surface area (Å²) in [6, 6.07) is 13.3. The number of pyridine rings is 1. The summed E-state index contributed by atoms with van der Waals surface area (Å²) in [4.78, 5) is 4.70. The molecule has 0 aliphatic heterocycles. The van der Waals surface area contributed by atoms with Gasteiger partial charge in [-0.1, -0.05) is 43.5 Å². The predicted octanol–water partition coefficient (Wildman–Crippen LogP) is 3.66. The Labute approximate surface area is 108 Å². The van der Waals surface area contributed by atoms with Crippen molar-refractivity contribution in [1.29, 1.82) is 0 Å². The smallest absolute Gasteiger partial charge is 0.0705 e. The van der Waals surface area contributed by atoms with Gasteiger partial charge in [-0.2, -0.15) is 0 Å². The third-order valence-electron chi connectivity index (χ3n) is 3.83. The Morgan fingerprint density at radius 1 is 1.00 bits per heavy atom. The van der Waals surface area contributed by atoms with Gasteiger partial charge in [0.15, 0.2) is 0 Å². The third-order valence-corrected chi connectivity index (χ3v) is 3.83. The lowest BCUT2D eigenvalue weighted by molar-refractivity contribution is 0.371. The molecule has 94 valence electrons. The molecule has 3 rings (SSSR count). The van der Waals surface area contributed by atoms with E-state index in [0.29, 0.717) is 6.04 Å². The van der Waals surface area contributed by atoms with E-state index in [1.807, 2.05) is 6.07 Å². The summed E-state index contributed by atoms with van der Waals surface area (Å²) in [5, 5.41) is 4.86. The molecule has 0 bridgehead atoms. The van der Waals surface area contributed by atoms with Crippen LogP contribution in [0.15, 0.2) is 36.4 Å². The van der Waals surface area contributed by atoms with E-state index in [4.69, 9.17) is 4.98 Å². The Morgan fingerprint density at radius 3 is 2.72 bits per heavy atom. The Kier molecular flexibility index (Phi) is 3.56. The minimum atomic E-state index is 0.701. The molecule has 2 aromatic rings. The molecule has 2 nitrogen and oxygen atoms in total. The van der Waals surface area contributed by atoms with Crippen LogP contribution < -0.4 is 5.32 Å². The lowest BCUT2D eigenvalue weighted by atomic mass is 9.95. The van der Waals surface area contributed by atoms with Gasteiger partial charge in [-0.3, -0.25) is 4.98 Å². The highest BCUT2D eigenvalue weighted by molar-refractivity contribution is 5.78. The van der Waals surface area contributed by atoms with Crippen LogP contribution in [0.3, 0.4) is 0 Å². The largest absolute Gasteiger partial charge is 0.308 e. The second-order valence-electron chi connectivity index (χ2n) is 5.21. The Morgan fingerprint density at radius 2 is 1.83 bits per heavy atom. The standard InChI is InChI=1S/C16H20N2/c1-2-7-14(8-3-1)17-12-15-11-10-13-6-4-5-9-16(13)18-15/h4-6,9-11,14,17H,1-3,7-8,12H2. The van der Waals surface area contributed by atoms with Gasteiger partial charge in [0.05, 0.1) is 11.2 Å². The summed E-state index contributed by atoms with van der Waals surface area (Å²) in [5.41, 5.74) is 2.25. The second kappa shape index (κ2) is 5.49. The first kappa shape index (κ1) is 11.7. The highest BCUT2D eigenvalue weighted by Gasteiger charge is 2.12. The topological polar surface area (TPSA) is 24.9 Å². The van der Waals surface area contributed by atoms with Gasteiger partial charge in [0.25, 0.3) is 0 Å². The number of fused-ring (bicyclic) bond motifs is 1. The van der Waals surface area contributed by atoms with Crippen molar-refractivity contribution in [2.24, 2.45) is 0 Å². The Hall–Kier alpha value is -1.41. The van der Waals surface area contributed by atoms with Gasteiger partial charge in [0, 0.05) is 18.0 Å². The zero-order valence-corrected chi connectivity index (χ0v) is 10.7. The van der Waals surface area contributed by atoms with Crippen molar-refractivity contribution in [3.63, 3.8) is 0 Å². The Bertz CT molecular complexity index is 515. The number of nitrogens with zero attached hydrogens (tertiary/aromatic N) is 1. The quantitative estimate of drug-likeness (QED) is 0.885. The summed E-state index contributed by atoms with van der Waals surface area (Å²) in [7, 11) is 0. The molecular weight excluding hydrogens is 220 g/mol. The van der Waals surface area contributed by atoms with Crippen molar-refractivity contribution in [1.82, 2.24) is 10.3 Å². The Balaban J connectivity index is 1.66. The highest BCUT2D eigenvalue weighted by Crippen LogP contribution is 2.18. The van der Waals surface area contributed by atoms with E-state index in [2.05, 4.69) is 35.6 Å². The summed E-state index contributed by atoms with van der Waals surface area (Å²) in [6.45, 7) is 0.898. The maximum atomic E-state index is 4.70. The van der Waals surface area contributed by atoms with Crippen LogP contribution in [-0.4, -0.2) is 11.0 Å². The number of hydrogen-bond donors (Lipinski definition) is 1. The zero-order valence-electron chi connectivity index (χ0n) is 10.7. The first-order valence-electron chi connectivity index (χ1n) is 7.00. The molecule has 0 saturated heterocycles. The zero-order chi connectivity index (χ0) is 12.2. The molecule has 0 radical (unpaired) electrons. The molecule has 1 N–H and O–H groups in total. The van der Waals surface area contributed by atoms with E-state index in [0.717, 1.165) is 17.8 Å². The molecule has 1 aromatic heterocycles. The number of aromatic nitrogens is 1. The van der Waals surface area contributed by atoms with Gasteiger partial charge >= 0.3 is 0 Å². The number of nitrogens with one attached hydrogen (secondary N) is 1. The SMILES string of the molecule is c1ccc2nc(CNC3CCCCC3)ccc2c1. The average Bonchev–Trinajstić information content (AvgIpc) is 2.46. The second-order valence-corrected chi connectivity index (χ2v) is 5.21. The van der Waals surface area contributed by atoms with Gasteiger partial charge in [-0.05, 0) is 25.0 Å². The molecule has 2 heteroatoms. The first-order valence-corrected chi connectivity index (χ1v) is 7.00. The van der Waals surface area contributed by atoms with E-state index in [1.165, 1.54) is 37.5 Å². The maximum absolute atomic E-state index is 4.70. The molecule has 1 saturated carbocycles. The van der Waals surface area contributed by atoms with E-state index in [-0.39, 0.29) is 0 Å². The van der Waals surface area contributed by atoms with Gasteiger partial charge in [0.1, 0.15) is 0 Å². The molecule has 0 spiro atoms. The number of benzene rings is 1. The normalized spacial score (nSPS) is 17.1. The lowest BCUT2D eigenvalue weighted by Crippen LogP contribution is -2.30. The van der Waals surface area contributed by atoms with Crippen molar-refractivity contribution in [2.75, 3.05) is 0 Å². The fraction of sp³-hybridized carbons (Fsp3) is 0.438. The highest BCUT2D eigenvalue weighted by atomic mass is 14.9. The molecular formula is C16H20N2. The molecule has 18 heavy (non-hydrogen) atoms. The van der Waals surface area contributed by atoms with Crippen molar-refractivity contribution in [3.05, 3.63) is 42.1 Å². The minimum Gasteiger partial charge on any atom is -0.308 e. The van der Waals surface area contributed by atoms with E-state index in [1.54, 1.807) is 0 Å².